The first kappa shape index (κ1) is 24.8. The van der Waals surface area contributed by atoms with Gasteiger partial charge in [-0.05, 0) is 31.2 Å². The number of rotatable bonds is 11. The second-order valence-corrected chi connectivity index (χ2v) is 7.66. The number of carboxylic acids is 1. The Hall–Kier alpha value is -3.47. The number of amides is 4. The minimum absolute atomic E-state index is 0.0437. The Balaban J connectivity index is 2.08. The van der Waals surface area contributed by atoms with Crippen LogP contribution in [-0.4, -0.2) is 70.8 Å². The van der Waals surface area contributed by atoms with Gasteiger partial charge in [0, 0.05) is 13.0 Å². The van der Waals surface area contributed by atoms with Gasteiger partial charge in [-0.1, -0.05) is 30.3 Å². The highest BCUT2D eigenvalue weighted by molar-refractivity contribution is 5.94. The number of nitrogens with zero attached hydrogens (tertiary/aromatic N) is 1. The molecule has 1 aliphatic rings. The normalized spacial score (nSPS) is 17.3. The summed E-state index contributed by atoms with van der Waals surface area (Å²) in [6, 6.07) is 6.27. The number of primary amides is 1. The maximum atomic E-state index is 13.1. The maximum absolute atomic E-state index is 13.1. The van der Waals surface area contributed by atoms with Crippen molar-refractivity contribution in [1.29, 1.82) is 0 Å². The number of nitrogens with two attached hydrogens (primary N) is 2. The van der Waals surface area contributed by atoms with Crippen LogP contribution in [0.15, 0.2) is 30.3 Å². The van der Waals surface area contributed by atoms with Gasteiger partial charge in [-0.15, -0.1) is 0 Å². The largest absolute Gasteiger partial charge is 0.480 e. The van der Waals surface area contributed by atoms with E-state index in [1.54, 1.807) is 0 Å². The van der Waals surface area contributed by atoms with Gasteiger partial charge in [0.1, 0.15) is 18.6 Å². The van der Waals surface area contributed by atoms with Gasteiger partial charge in [0.15, 0.2) is 0 Å². The third-order valence-corrected chi connectivity index (χ3v) is 5.18. The summed E-state index contributed by atoms with van der Waals surface area (Å²) < 4.78 is 0. The van der Waals surface area contributed by atoms with Crippen molar-refractivity contribution >= 4 is 29.6 Å². The van der Waals surface area contributed by atoms with E-state index in [1.165, 1.54) is 4.90 Å². The lowest BCUT2D eigenvalue weighted by Crippen LogP contribution is -2.56. The predicted molar refractivity (Wildman–Crippen MR) is 114 cm³/mol. The summed E-state index contributed by atoms with van der Waals surface area (Å²) in [5, 5.41) is 13.6. The molecule has 0 saturated carbocycles. The zero-order valence-corrected chi connectivity index (χ0v) is 17.7. The SMILES string of the molecule is NC(=O)CCC(NC(=O)C(N)Cc1ccccc1)C(=O)N1CCCC1C(=O)NCC(=O)O. The number of aliphatic carboxylic acids is 1. The van der Waals surface area contributed by atoms with Crippen LogP contribution in [0.25, 0.3) is 0 Å². The molecule has 174 valence electrons. The van der Waals surface area contributed by atoms with Crippen molar-refractivity contribution in [2.75, 3.05) is 13.1 Å². The minimum atomic E-state index is -1.20. The van der Waals surface area contributed by atoms with Crippen LogP contribution in [0.2, 0.25) is 0 Å². The van der Waals surface area contributed by atoms with Crippen LogP contribution in [0, 0.1) is 0 Å². The molecule has 1 aromatic rings. The van der Waals surface area contributed by atoms with Crippen LogP contribution in [0.4, 0.5) is 0 Å². The molecule has 3 atom stereocenters. The van der Waals surface area contributed by atoms with Gasteiger partial charge in [-0.2, -0.15) is 0 Å². The molecule has 7 N–H and O–H groups in total. The number of carbonyl (C=O) groups is 5. The second kappa shape index (κ2) is 11.8. The van der Waals surface area contributed by atoms with E-state index >= 15 is 0 Å². The number of nitrogens with one attached hydrogen (secondary N) is 2. The van der Waals surface area contributed by atoms with E-state index in [9.17, 15) is 24.0 Å². The lowest BCUT2D eigenvalue weighted by Gasteiger charge is -2.29. The first-order chi connectivity index (χ1) is 15.2. The molecule has 0 spiro atoms. The smallest absolute Gasteiger partial charge is 0.322 e. The van der Waals surface area contributed by atoms with E-state index in [2.05, 4.69) is 10.6 Å². The molecule has 0 bridgehead atoms. The Morgan fingerprint density at radius 3 is 2.47 bits per heavy atom. The van der Waals surface area contributed by atoms with Gasteiger partial charge < -0.3 is 32.1 Å². The van der Waals surface area contributed by atoms with Crippen LogP contribution in [-0.2, 0) is 30.4 Å². The summed E-state index contributed by atoms with van der Waals surface area (Å²) in [4.78, 5) is 61.4. The van der Waals surface area contributed by atoms with Crippen LogP contribution >= 0.6 is 0 Å². The first-order valence-electron chi connectivity index (χ1n) is 10.4. The van der Waals surface area contributed by atoms with Crippen molar-refractivity contribution in [3.8, 4) is 0 Å². The van der Waals surface area contributed by atoms with Crippen LogP contribution in [0.5, 0.6) is 0 Å². The third kappa shape index (κ3) is 7.34. The predicted octanol–water partition coefficient (Wildman–Crippen LogP) is -1.50. The highest BCUT2D eigenvalue weighted by Crippen LogP contribution is 2.20. The molecular weight excluding hydrogens is 418 g/mol. The molecule has 1 aliphatic heterocycles. The molecule has 1 saturated heterocycles. The molecule has 32 heavy (non-hydrogen) atoms. The highest BCUT2D eigenvalue weighted by Gasteiger charge is 2.38. The average molecular weight is 447 g/mol. The average Bonchev–Trinajstić information content (AvgIpc) is 3.24. The van der Waals surface area contributed by atoms with Crippen molar-refractivity contribution in [2.45, 2.75) is 50.2 Å². The molecule has 2 rings (SSSR count). The fourth-order valence-corrected chi connectivity index (χ4v) is 3.57. The Bertz CT molecular complexity index is 846. The van der Waals surface area contributed by atoms with E-state index in [0.717, 1.165) is 5.56 Å². The zero-order chi connectivity index (χ0) is 23.7. The molecular formula is C21H29N5O6. The summed E-state index contributed by atoms with van der Waals surface area (Å²) in [6.45, 7) is -0.295. The van der Waals surface area contributed by atoms with Crippen molar-refractivity contribution in [3.63, 3.8) is 0 Å². The number of benzene rings is 1. The van der Waals surface area contributed by atoms with E-state index in [4.69, 9.17) is 16.6 Å². The van der Waals surface area contributed by atoms with E-state index in [1.807, 2.05) is 30.3 Å². The van der Waals surface area contributed by atoms with E-state index in [0.29, 0.717) is 12.8 Å². The molecule has 1 aromatic carbocycles. The summed E-state index contributed by atoms with van der Waals surface area (Å²) in [5.74, 6) is -3.53. The van der Waals surface area contributed by atoms with E-state index < -0.39 is 54.3 Å². The van der Waals surface area contributed by atoms with Gasteiger partial charge >= 0.3 is 5.97 Å². The van der Waals surface area contributed by atoms with Crippen LogP contribution < -0.4 is 22.1 Å². The van der Waals surface area contributed by atoms with Gasteiger partial charge in [-0.25, -0.2) is 0 Å². The quantitative estimate of drug-likeness (QED) is 0.273. The maximum Gasteiger partial charge on any atom is 0.322 e. The zero-order valence-electron chi connectivity index (χ0n) is 17.7. The Kier molecular flexibility index (Phi) is 9.14. The van der Waals surface area contributed by atoms with Crippen LogP contribution in [0.3, 0.4) is 0 Å². The fourth-order valence-electron chi connectivity index (χ4n) is 3.57. The molecule has 1 heterocycles. The van der Waals surface area contributed by atoms with Crippen molar-refractivity contribution in [2.24, 2.45) is 11.5 Å². The van der Waals surface area contributed by atoms with Gasteiger partial charge in [0.2, 0.25) is 23.6 Å². The number of hydrogen-bond donors (Lipinski definition) is 5. The number of carboxylic acid groups (broad SMARTS) is 1. The molecule has 11 heteroatoms. The van der Waals surface area contributed by atoms with Crippen molar-refractivity contribution in [3.05, 3.63) is 35.9 Å². The summed E-state index contributed by atoms with van der Waals surface area (Å²) in [6.07, 6.45) is 0.974. The number of hydrogen-bond acceptors (Lipinski definition) is 6. The Morgan fingerprint density at radius 2 is 1.84 bits per heavy atom. The standard InChI is InChI=1S/C21H29N5O6/c22-14(11-13-5-2-1-3-6-13)19(30)25-15(8-9-17(23)27)21(32)26-10-4-7-16(26)20(31)24-12-18(28)29/h1-3,5-6,14-16H,4,7-12,22H2,(H2,23,27)(H,24,31)(H,25,30)(H,28,29). The molecule has 0 radical (unpaired) electrons. The molecule has 11 nitrogen and oxygen atoms in total. The van der Waals surface area contributed by atoms with Crippen molar-refractivity contribution in [1.82, 2.24) is 15.5 Å². The van der Waals surface area contributed by atoms with Gasteiger partial charge in [-0.3, -0.25) is 24.0 Å². The van der Waals surface area contributed by atoms with Gasteiger partial charge in [0.25, 0.3) is 0 Å². The lowest BCUT2D eigenvalue weighted by molar-refractivity contribution is -0.143. The summed E-state index contributed by atoms with van der Waals surface area (Å²) in [5.41, 5.74) is 12.1. The first-order valence-corrected chi connectivity index (χ1v) is 10.4. The highest BCUT2D eigenvalue weighted by atomic mass is 16.4. The Morgan fingerprint density at radius 1 is 1.16 bits per heavy atom. The van der Waals surface area contributed by atoms with Gasteiger partial charge in [0.05, 0.1) is 6.04 Å². The molecule has 3 unspecified atom stereocenters. The summed E-state index contributed by atoms with van der Waals surface area (Å²) in [7, 11) is 0. The van der Waals surface area contributed by atoms with Crippen molar-refractivity contribution < 1.29 is 29.1 Å². The summed E-state index contributed by atoms with van der Waals surface area (Å²) >= 11 is 0. The monoisotopic (exact) mass is 447 g/mol. The number of carbonyl (C=O) groups excluding carboxylic acids is 4. The number of likely N-dealkylation sites (tertiary alicyclic amines) is 1. The molecule has 0 aliphatic carbocycles. The molecule has 0 aromatic heterocycles. The Labute approximate surface area is 185 Å². The lowest BCUT2D eigenvalue weighted by atomic mass is 10.0. The van der Waals surface area contributed by atoms with E-state index in [-0.39, 0.29) is 25.8 Å². The fraction of sp³-hybridized carbons (Fsp3) is 0.476. The van der Waals surface area contributed by atoms with Crippen LogP contribution in [0.1, 0.15) is 31.2 Å². The minimum Gasteiger partial charge on any atom is -0.480 e. The second-order valence-electron chi connectivity index (χ2n) is 7.66. The molecule has 4 amide bonds. The third-order valence-electron chi connectivity index (χ3n) is 5.18. The molecule has 1 fully saturated rings. The topological polar surface area (TPSA) is 185 Å².